The average molecular weight is 574 g/mol. The second kappa shape index (κ2) is 14.3. The van der Waals surface area contributed by atoms with E-state index in [4.69, 9.17) is 11.6 Å². The summed E-state index contributed by atoms with van der Waals surface area (Å²) >= 11 is 11.1. The molecule has 0 radical (unpaired) electrons. The maximum Gasteiger partial charge on any atom is 0.243 e. The molecule has 0 unspecified atom stereocenters. The Hall–Kier alpha value is -2.28. The molecule has 0 fully saturated rings. The van der Waals surface area contributed by atoms with Crippen LogP contribution in [0.4, 0.5) is 0 Å². The molecule has 0 saturated carbocycles. The van der Waals surface area contributed by atoms with Crippen molar-refractivity contribution in [3.63, 3.8) is 0 Å². The normalized spacial score (nSPS) is 11.6. The number of carbonyl (C=O) groups is 2. The zero-order valence-corrected chi connectivity index (χ0v) is 22.9. The zero-order valence-electron chi connectivity index (χ0n) is 19.8. The Labute approximate surface area is 225 Å². The van der Waals surface area contributed by atoms with Crippen molar-refractivity contribution in [1.82, 2.24) is 10.2 Å². The lowest BCUT2D eigenvalue weighted by atomic mass is 10.0. The van der Waals surface area contributed by atoms with Gasteiger partial charge in [0.2, 0.25) is 11.8 Å². The number of carbonyl (C=O) groups excluding carboxylic acids is 2. The second-order valence-corrected chi connectivity index (χ2v) is 10.6. The van der Waals surface area contributed by atoms with Crippen molar-refractivity contribution in [3.8, 4) is 0 Å². The quantitative estimate of drug-likeness (QED) is 0.269. The van der Waals surface area contributed by atoms with Gasteiger partial charge in [0.25, 0.3) is 0 Å². The number of nitrogens with one attached hydrogen (secondary N) is 1. The molecule has 184 valence electrons. The molecule has 4 nitrogen and oxygen atoms in total. The first-order chi connectivity index (χ1) is 17.0. The van der Waals surface area contributed by atoms with E-state index in [2.05, 4.69) is 21.2 Å². The molecule has 2 amide bonds. The van der Waals surface area contributed by atoms with Crippen molar-refractivity contribution < 1.29 is 9.59 Å². The van der Waals surface area contributed by atoms with Crippen LogP contribution >= 0.6 is 39.3 Å². The first-order valence-corrected chi connectivity index (χ1v) is 14.0. The largest absolute Gasteiger partial charge is 0.354 e. The highest BCUT2D eigenvalue weighted by atomic mass is 79.9. The predicted octanol–water partition coefficient (Wildman–Crippen LogP) is 6.50. The number of benzene rings is 3. The summed E-state index contributed by atoms with van der Waals surface area (Å²) in [5, 5.41) is 3.69. The van der Waals surface area contributed by atoms with Gasteiger partial charge in [-0.25, -0.2) is 0 Å². The highest BCUT2D eigenvalue weighted by Crippen LogP contribution is 2.21. The van der Waals surface area contributed by atoms with E-state index in [9.17, 15) is 9.59 Å². The van der Waals surface area contributed by atoms with E-state index in [-0.39, 0.29) is 17.6 Å². The number of hydrogen-bond acceptors (Lipinski definition) is 3. The van der Waals surface area contributed by atoms with Gasteiger partial charge < -0.3 is 10.2 Å². The minimum atomic E-state index is -0.605. The van der Waals surface area contributed by atoms with Crippen molar-refractivity contribution in [2.75, 3.05) is 12.3 Å². The molecule has 7 heteroatoms. The standard InChI is InChI=1S/C28H30BrClN2O2S/c1-2-15-31-28(34)26(17-21-7-4-3-5-8-21)32(18-22-11-13-24(29)14-12-22)27(33)20-35-19-23-9-6-10-25(30)16-23/h3-14,16,26H,2,15,17-20H2,1H3,(H,31,34)/t26-/m0/s1. The van der Waals surface area contributed by atoms with Crippen LogP contribution in [0.25, 0.3) is 0 Å². The van der Waals surface area contributed by atoms with E-state index in [1.54, 1.807) is 4.90 Å². The van der Waals surface area contributed by atoms with Gasteiger partial charge in [0, 0.05) is 34.8 Å². The van der Waals surface area contributed by atoms with Crippen molar-refractivity contribution in [2.24, 2.45) is 0 Å². The smallest absolute Gasteiger partial charge is 0.243 e. The molecular weight excluding hydrogens is 544 g/mol. The Balaban J connectivity index is 1.82. The molecule has 0 spiro atoms. The van der Waals surface area contributed by atoms with E-state index in [0.29, 0.717) is 30.3 Å². The minimum absolute atomic E-state index is 0.0625. The van der Waals surface area contributed by atoms with Crippen LogP contribution in [0.15, 0.2) is 83.3 Å². The molecule has 3 rings (SSSR count). The summed E-state index contributed by atoms with van der Waals surface area (Å²) in [5.74, 6) is 0.757. The third-order valence-corrected chi connectivity index (χ3v) is 7.22. The zero-order chi connectivity index (χ0) is 25.0. The van der Waals surface area contributed by atoms with E-state index >= 15 is 0 Å². The lowest BCUT2D eigenvalue weighted by Crippen LogP contribution is -2.51. The van der Waals surface area contributed by atoms with Crippen LogP contribution in [-0.2, 0) is 28.3 Å². The highest BCUT2D eigenvalue weighted by molar-refractivity contribution is 9.10. The number of amides is 2. The fraction of sp³-hybridized carbons (Fsp3) is 0.286. The molecule has 0 aliphatic heterocycles. The maximum atomic E-state index is 13.6. The SMILES string of the molecule is CCCNC(=O)[C@H](Cc1ccccc1)N(Cc1ccc(Br)cc1)C(=O)CSCc1cccc(Cl)c1. The summed E-state index contributed by atoms with van der Waals surface area (Å²) in [4.78, 5) is 28.6. The van der Waals surface area contributed by atoms with Gasteiger partial charge in [-0.2, -0.15) is 0 Å². The summed E-state index contributed by atoms with van der Waals surface area (Å²) < 4.78 is 0.970. The van der Waals surface area contributed by atoms with Crippen LogP contribution in [0.2, 0.25) is 5.02 Å². The van der Waals surface area contributed by atoms with Crippen LogP contribution in [0.5, 0.6) is 0 Å². The molecule has 0 aliphatic rings. The minimum Gasteiger partial charge on any atom is -0.354 e. The van der Waals surface area contributed by atoms with Crippen LogP contribution in [0.1, 0.15) is 30.0 Å². The van der Waals surface area contributed by atoms with Gasteiger partial charge >= 0.3 is 0 Å². The Morgan fingerprint density at radius 3 is 2.37 bits per heavy atom. The van der Waals surface area contributed by atoms with Gasteiger partial charge in [-0.3, -0.25) is 9.59 Å². The Morgan fingerprint density at radius 2 is 1.69 bits per heavy atom. The number of nitrogens with zero attached hydrogens (tertiary/aromatic N) is 1. The second-order valence-electron chi connectivity index (χ2n) is 8.27. The monoisotopic (exact) mass is 572 g/mol. The molecule has 1 atom stereocenters. The van der Waals surface area contributed by atoms with E-state index in [0.717, 1.165) is 27.6 Å². The van der Waals surface area contributed by atoms with Crippen LogP contribution in [0.3, 0.4) is 0 Å². The molecular formula is C28H30BrClN2O2S. The first-order valence-electron chi connectivity index (χ1n) is 11.6. The molecule has 0 saturated heterocycles. The number of thioether (sulfide) groups is 1. The van der Waals surface area contributed by atoms with Crippen molar-refractivity contribution in [2.45, 2.75) is 38.1 Å². The molecule has 35 heavy (non-hydrogen) atoms. The lowest BCUT2D eigenvalue weighted by Gasteiger charge is -2.31. The number of rotatable bonds is 12. The predicted molar refractivity (Wildman–Crippen MR) is 150 cm³/mol. The summed E-state index contributed by atoms with van der Waals surface area (Å²) in [6.45, 7) is 2.96. The molecule has 0 aliphatic carbocycles. The van der Waals surface area contributed by atoms with Gasteiger partial charge in [0.1, 0.15) is 6.04 Å². The summed E-state index contributed by atoms with van der Waals surface area (Å²) in [6.07, 6.45) is 1.29. The fourth-order valence-corrected chi connectivity index (χ4v) is 5.01. The third-order valence-electron chi connectivity index (χ3n) is 5.47. The number of hydrogen-bond donors (Lipinski definition) is 1. The summed E-state index contributed by atoms with van der Waals surface area (Å²) in [6, 6.07) is 24.8. The highest BCUT2D eigenvalue weighted by Gasteiger charge is 2.30. The Bertz CT molecular complexity index is 1100. The van der Waals surface area contributed by atoms with E-state index < -0.39 is 6.04 Å². The summed E-state index contributed by atoms with van der Waals surface area (Å²) in [5.41, 5.74) is 3.06. The molecule has 0 aromatic heterocycles. The molecule has 3 aromatic carbocycles. The Morgan fingerprint density at radius 1 is 0.971 bits per heavy atom. The summed E-state index contributed by atoms with van der Waals surface area (Å²) in [7, 11) is 0. The van der Waals surface area contributed by atoms with Crippen LogP contribution in [-0.4, -0.2) is 35.1 Å². The topological polar surface area (TPSA) is 49.4 Å². The van der Waals surface area contributed by atoms with Gasteiger partial charge in [-0.15, -0.1) is 11.8 Å². The van der Waals surface area contributed by atoms with Gasteiger partial charge in [-0.05, 0) is 47.4 Å². The van der Waals surface area contributed by atoms with E-state index in [1.165, 1.54) is 11.8 Å². The first kappa shape index (κ1) is 27.3. The average Bonchev–Trinajstić information content (AvgIpc) is 2.86. The van der Waals surface area contributed by atoms with Crippen molar-refractivity contribution >= 4 is 51.1 Å². The van der Waals surface area contributed by atoms with Gasteiger partial charge in [0.05, 0.1) is 5.75 Å². The van der Waals surface area contributed by atoms with Crippen LogP contribution < -0.4 is 5.32 Å². The molecule has 0 bridgehead atoms. The third kappa shape index (κ3) is 9.02. The Kier molecular flexibility index (Phi) is 11.2. The van der Waals surface area contributed by atoms with Crippen LogP contribution in [0, 0.1) is 0 Å². The van der Waals surface area contributed by atoms with Crippen molar-refractivity contribution in [1.29, 1.82) is 0 Å². The van der Waals surface area contributed by atoms with Gasteiger partial charge in [-0.1, -0.05) is 89.1 Å². The molecule has 0 heterocycles. The maximum absolute atomic E-state index is 13.6. The van der Waals surface area contributed by atoms with E-state index in [1.807, 2.05) is 85.8 Å². The fourth-order valence-electron chi connectivity index (χ4n) is 3.67. The molecule has 3 aromatic rings. The number of halogens is 2. The lowest BCUT2D eigenvalue weighted by molar-refractivity contribution is -0.139. The van der Waals surface area contributed by atoms with Crippen molar-refractivity contribution in [3.05, 3.63) is 105 Å². The molecule has 1 N–H and O–H groups in total. The van der Waals surface area contributed by atoms with Gasteiger partial charge in [0.15, 0.2) is 0 Å².